The number of hydrogen-bond acceptors (Lipinski definition) is 3. The maximum Gasteiger partial charge on any atom is 0.341 e. The Morgan fingerprint density at radius 2 is 1.70 bits per heavy atom. The molecule has 0 aliphatic rings. The molecule has 6 nitrogen and oxygen atoms in total. The molecule has 0 spiro atoms. The number of benzene rings is 1. The van der Waals surface area contributed by atoms with E-state index >= 15 is 0 Å². The van der Waals surface area contributed by atoms with Crippen molar-refractivity contribution >= 4 is 16.9 Å². The van der Waals surface area contributed by atoms with Gasteiger partial charge in [-0.3, -0.25) is 0 Å². The molecule has 0 saturated heterocycles. The summed E-state index contributed by atoms with van der Waals surface area (Å²) in [5.41, 5.74) is 5.04. The summed E-state index contributed by atoms with van der Waals surface area (Å²) in [6, 6.07) is 11.9. The van der Waals surface area contributed by atoms with Gasteiger partial charge < -0.3 is 9.67 Å². The second kappa shape index (κ2) is 6.09. The zero-order chi connectivity index (χ0) is 19.3. The van der Waals surface area contributed by atoms with E-state index in [2.05, 4.69) is 5.10 Å². The molecule has 0 atom stereocenters. The summed E-state index contributed by atoms with van der Waals surface area (Å²) in [7, 11) is 0. The number of fused-ring (bicyclic) bond motifs is 1. The maximum absolute atomic E-state index is 11.8. The molecule has 0 aliphatic heterocycles. The van der Waals surface area contributed by atoms with Crippen molar-refractivity contribution in [3.63, 3.8) is 0 Å². The Labute approximate surface area is 156 Å². The summed E-state index contributed by atoms with van der Waals surface area (Å²) in [6.07, 6.45) is 1.38. The number of aromatic carboxylic acids is 1. The summed E-state index contributed by atoms with van der Waals surface area (Å²) < 4.78 is 3.51. The van der Waals surface area contributed by atoms with E-state index in [9.17, 15) is 9.90 Å². The molecular formula is C21H20N4O2. The highest BCUT2D eigenvalue weighted by molar-refractivity contribution is 5.91. The molecular weight excluding hydrogens is 340 g/mol. The summed E-state index contributed by atoms with van der Waals surface area (Å²) in [5.74, 6) is 0.0732. The molecule has 4 aromatic rings. The molecule has 4 rings (SSSR count). The zero-order valence-corrected chi connectivity index (χ0v) is 15.7. The van der Waals surface area contributed by atoms with Crippen LogP contribution in [-0.2, 0) is 0 Å². The average molecular weight is 360 g/mol. The van der Waals surface area contributed by atoms with Gasteiger partial charge in [-0.15, -0.1) is 0 Å². The van der Waals surface area contributed by atoms with Crippen LogP contribution in [0.4, 0.5) is 0 Å². The number of rotatable bonds is 3. The fourth-order valence-electron chi connectivity index (χ4n) is 3.53. The highest BCUT2D eigenvalue weighted by Gasteiger charge is 2.22. The van der Waals surface area contributed by atoms with Gasteiger partial charge in [0.25, 0.3) is 0 Å². The van der Waals surface area contributed by atoms with Gasteiger partial charge in [0, 0.05) is 16.8 Å². The molecule has 1 aromatic carbocycles. The van der Waals surface area contributed by atoms with Gasteiger partial charge in [-0.05, 0) is 57.0 Å². The van der Waals surface area contributed by atoms with E-state index in [1.807, 2.05) is 68.7 Å². The van der Waals surface area contributed by atoms with Crippen LogP contribution < -0.4 is 0 Å². The Bertz CT molecular complexity index is 1180. The van der Waals surface area contributed by atoms with Gasteiger partial charge >= 0.3 is 5.97 Å². The van der Waals surface area contributed by atoms with Crippen LogP contribution in [-0.4, -0.2) is 30.4 Å². The largest absolute Gasteiger partial charge is 0.477 e. The molecule has 0 aliphatic carbocycles. The fraction of sp³-hybridized carbons (Fsp3) is 0.190. The number of pyridine rings is 1. The summed E-state index contributed by atoms with van der Waals surface area (Å²) in [4.78, 5) is 16.6. The molecule has 0 saturated carbocycles. The number of hydrogen-bond donors (Lipinski definition) is 1. The minimum atomic E-state index is -1.02. The minimum absolute atomic E-state index is 0.140. The minimum Gasteiger partial charge on any atom is -0.477 e. The van der Waals surface area contributed by atoms with Crippen molar-refractivity contribution in [3.05, 3.63) is 70.7 Å². The van der Waals surface area contributed by atoms with E-state index in [1.165, 1.54) is 6.20 Å². The molecule has 3 heterocycles. The van der Waals surface area contributed by atoms with Gasteiger partial charge in [0.05, 0.1) is 11.7 Å². The summed E-state index contributed by atoms with van der Waals surface area (Å²) in [6.45, 7) is 7.93. The number of para-hydroxylation sites is 1. The van der Waals surface area contributed by atoms with Crippen molar-refractivity contribution in [2.75, 3.05) is 0 Å². The lowest BCUT2D eigenvalue weighted by atomic mass is 10.1. The number of carboxylic acid groups (broad SMARTS) is 1. The smallest absolute Gasteiger partial charge is 0.341 e. The van der Waals surface area contributed by atoms with Crippen molar-refractivity contribution in [1.82, 2.24) is 19.3 Å². The van der Waals surface area contributed by atoms with Crippen molar-refractivity contribution in [2.24, 2.45) is 0 Å². The van der Waals surface area contributed by atoms with E-state index in [0.717, 1.165) is 33.4 Å². The monoisotopic (exact) mass is 360 g/mol. The molecule has 0 fully saturated rings. The van der Waals surface area contributed by atoms with E-state index in [1.54, 1.807) is 4.68 Å². The second-order valence-corrected chi connectivity index (χ2v) is 6.82. The third kappa shape index (κ3) is 2.61. The summed E-state index contributed by atoms with van der Waals surface area (Å²) in [5, 5.41) is 15.1. The lowest BCUT2D eigenvalue weighted by molar-refractivity contribution is 0.0697. The van der Waals surface area contributed by atoms with Crippen LogP contribution in [0.1, 0.15) is 32.9 Å². The van der Waals surface area contributed by atoms with Crippen molar-refractivity contribution < 1.29 is 9.90 Å². The quantitative estimate of drug-likeness (QED) is 0.596. The maximum atomic E-state index is 11.8. The molecule has 0 amide bonds. The predicted octanol–water partition coefficient (Wildman–Crippen LogP) is 4.14. The van der Waals surface area contributed by atoms with E-state index < -0.39 is 5.97 Å². The fourth-order valence-corrected chi connectivity index (χ4v) is 3.53. The first-order chi connectivity index (χ1) is 12.9. The normalized spacial score (nSPS) is 11.3. The van der Waals surface area contributed by atoms with Crippen molar-refractivity contribution in [3.8, 4) is 11.6 Å². The van der Waals surface area contributed by atoms with Gasteiger partial charge in [-0.25, -0.2) is 9.78 Å². The van der Waals surface area contributed by atoms with Gasteiger partial charge in [0.1, 0.15) is 5.56 Å². The molecule has 0 unspecified atom stereocenters. The SMILES string of the molecule is Cc1cc(-n2ncc(C(=O)O)c2-n2c(C)ccc2C)nc2c(C)cccc12. The van der Waals surface area contributed by atoms with Crippen LogP contribution >= 0.6 is 0 Å². The van der Waals surface area contributed by atoms with Crippen LogP contribution in [0.15, 0.2) is 42.6 Å². The molecule has 1 N–H and O–H groups in total. The highest BCUT2D eigenvalue weighted by atomic mass is 16.4. The Hall–Kier alpha value is -3.41. The Morgan fingerprint density at radius 1 is 1.00 bits per heavy atom. The topological polar surface area (TPSA) is 72.9 Å². The number of aryl methyl sites for hydroxylation is 4. The van der Waals surface area contributed by atoms with Gasteiger partial charge in [0.15, 0.2) is 11.6 Å². The number of carboxylic acids is 1. The first-order valence-electron chi connectivity index (χ1n) is 8.72. The van der Waals surface area contributed by atoms with E-state index in [4.69, 9.17) is 4.98 Å². The average Bonchev–Trinajstić information content (AvgIpc) is 3.19. The Morgan fingerprint density at radius 3 is 2.37 bits per heavy atom. The highest BCUT2D eigenvalue weighted by Crippen LogP contribution is 2.26. The first kappa shape index (κ1) is 17.0. The van der Waals surface area contributed by atoms with Gasteiger partial charge in [-0.1, -0.05) is 18.2 Å². The summed E-state index contributed by atoms with van der Waals surface area (Å²) >= 11 is 0. The predicted molar refractivity (Wildman–Crippen MR) is 104 cm³/mol. The number of aromatic nitrogens is 4. The lowest BCUT2D eigenvalue weighted by Crippen LogP contribution is -2.13. The number of carbonyl (C=O) groups is 1. The standard InChI is InChI=1S/C21H20N4O2/c1-12-6-5-7-16-13(2)10-18(23-19(12)16)25-20(17(11-22-25)21(26)27)24-14(3)8-9-15(24)4/h5-11H,1-4H3,(H,26,27). The van der Waals surface area contributed by atoms with Crippen LogP contribution in [0.3, 0.4) is 0 Å². The van der Waals surface area contributed by atoms with Crippen molar-refractivity contribution in [2.45, 2.75) is 27.7 Å². The van der Waals surface area contributed by atoms with Crippen LogP contribution in [0.5, 0.6) is 0 Å². The zero-order valence-electron chi connectivity index (χ0n) is 15.7. The number of nitrogens with zero attached hydrogens (tertiary/aromatic N) is 4. The van der Waals surface area contributed by atoms with Crippen molar-refractivity contribution in [1.29, 1.82) is 0 Å². The molecule has 3 aromatic heterocycles. The Balaban J connectivity index is 2.05. The molecule has 6 heteroatoms. The molecule has 136 valence electrons. The van der Waals surface area contributed by atoms with E-state index in [-0.39, 0.29) is 5.56 Å². The third-order valence-electron chi connectivity index (χ3n) is 4.91. The second-order valence-electron chi connectivity index (χ2n) is 6.82. The van der Waals surface area contributed by atoms with Crippen LogP contribution in [0.25, 0.3) is 22.5 Å². The lowest BCUT2D eigenvalue weighted by Gasteiger charge is -2.15. The first-order valence-corrected chi connectivity index (χ1v) is 8.72. The van der Waals surface area contributed by atoms with Gasteiger partial charge in [0.2, 0.25) is 0 Å². The molecule has 0 radical (unpaired) electrons. The van der Waals surface area contributed by atoms with Crippen LogP contribution in [0.2, 0.25) is 0 Å². The molecule has 27 heavy (non-hydrogen) atoms. The van der Waals surface area contributed by atoms with Crippen LogP contribution in [0, 0.1) is 27.7 Å². The third-order valence-corrected chi connectivity index (χ3v) is 4.91. The van der Waals surface area contributed by atoms with Gasteiger partial charge in [-0.2, -0.15) is 9.78 Å². The Kier molecular flexibility index (Phi) is 3.84. The molecule has 0 bridgehead atoms. The van der Waals surface area contributed by atoms with E-state index in [0.29, 0.717) is 11.6 Å².